The van der Waals surface area contributed by atoms with E-state index in [4.69, 9.17) is 5.11 Å². The van der Waals surface area contributed by atoms with E-state index in [0.29, 0.717) is 6.42 Å². The van der Waals surface area contributed by atoms with Crippen molar-refractivity contribution in [2.45, 2.75) is 19.3 Å². The number of rotatable bonds is 3. The van der Waals surface area contributed by atoms with Crippen LogP contribution in [-0.4, -0.2) is 11.1 Å². The third-order valence-corrected chi connectivity index (χ3v) is 3.46. The molecule has 4 heteroatoms. The van der Waals surface area contributed by atoms with Crippen molar-refractivity contribution in [2.24, 2.45) is 0 Å². The minimum absolute atomic E-state index is 0.370. The molecule has 1 aromatic rings. The van der Waals surface area contributed by atoms with E-state index in [9.17, 15) is 4.79 Å². The third-order valence-electron chi connectivity index (χ3n) is 1.73. The second-order valence-corrected chi connectivity index (χ2v) is 4.68. The van der Waals surface area contributed by atoms with Crippen LogP contribution in [0, 0.1) is 0 Å². The molecule has 1 aromatic heterocycles. The standard InChI is InChI=1S/C8H9BrO2S/c1-2-5(8(10)11)6-3-4-12-7(6)9/h3-5H,2H2,1H3,(H,10,11). The van der Waals surface area contributed by atoms with E-state index >= 15 is 0 Å². The van der Waals surface area contributed by atoms with Crippen LogP contribution in [0.1, 0.15) is 24.8 Å². The van der Waals surface area contributed by atoms with E-state index in [1.165, 1.54) is 11.3 Å². The molecule has 0 aliphatic carbocycles. The monoisotopic (exact) mass is 248 g/mol. The Bertz CT molecular complexity index is 282. The van der Waals surface area contributed by atoms with Gasteiger partial charge in [-0.2, -0.15) is 0 Å². The Morgan fingerprint density at radius 2 is 2.50 bits per heavy atom. The first-order chi connectivity index (χ1) is 5.66. The fourth-order valence-corrected chi connectivity index (χ4v) is 2.49. The predicted octanol–water partition coefficient (Wildman–Crippen LogP) is 3.09. The Balaban J connectivity index is 2.94. The second-order valence-electron chi connectivity index (χ2n) is 2.45. The summed E-state index contributed by atoms with van der Waals surface area (Å²) >= 11 is 4.85. The fourth-order valence-electron chi connectivity index (χ4n) is 1.08. The maximum atomic E-state index is 10.8. The quantitative estimate of drug-likeness (QED) is 0.893. The van der Waals surface area contributed by atoms with Crippen molar-refractivity contribution in [2.75, 3.05) is 0 Å². The van der Waals surface area contributed by atoms with Gasteiger partial charge in [0.15, 0.2) is 0 Å². The average molecular weight is 249 g/mol. The van der Waals surface area contributed by atoms with Crippen LogP contribution in [0.2, 0.25) is 0 Å². The Kier molecular flexibility index (Phi) is 3.29. The topological polar surface area (TPSA) is 37.3 Å². The van der Waals surface area contributed by atoms with Gasteiger partial charge in [-0.1, -0.05) is 6.92 Å². The van der Waals surface area contributed by atoms with Crippen LogP contribution in [0.4, 0.5) is 0 Å². The van der Waals surface area contributed by atoms with Crippen molar-refractivity contribution in [1.29, 1.82) is 0 Å². The zero-order valence-electron chi connectivity index (χ0n) is 6.58. The Labute approximate surface area is 83.4 Å². The summed E-state index contributed by atoms with van der Waals surface area (Å²) in [6.07, 6.45) is 0.630. The van der Waals surface area contributed by atoms with Gasteiger partial charge in [0.05, 0.1) is 9.70 Å². The Morgan fingerprint density at radius 3 is 2.83 bits per heavy atom. The van der Waals surface area contributed by atoms with Gasteiger partial charge in [0.25, 0.3) is 0 Å². The number of halogens is 1. The summed E-state index contributed by atoms with van der Waals surface area (Å²) in [6.45, 7) is 1.88. The van der Waals surface area contributed by atoms with Gasteiger partial charge >= 0.3 is 5.97 Å². The predicted molar refractivity (Wildman–Crippen MR) is 52.7 cm³/mol. The first-order valence-corrected chi connectivity index (χ1v) is 5.29. The molecule has 2 nitrogen and oxygen atoms in total. The molecule has 0 saturated heterocycles. The second kappa shape index (κ2) is 4.05. The smallest absolute Gasteiger partial charge is 0.311 e. The summed E-state index contributed by atoms with van der Waals surface area (Å²) in [5.41, 5.74) is 0.884. The molecule has 1 rings (SSSR count). The maximum Gasteiger partial charge on any atom is 0.311 e. The van der Waals surface area contributed by atoms with E-state index in [1.54, 1.807) is 0 Å². The number of hydrogen-bond donors (Lipinski definition) is 1. The molecule has 1 N–H and O–H groups in total. The van der Waals surface area contributed by atoms with E-state index in [2.05, 4.69) is 15.9 Å². The van der Waals surface area contributed by atoms with Crippen molar-refractivity contribution < 1.29 is 9.90 Å². The summed E-state index contributed by atoms with van der Waals surface area (Å²) in [6, 6.07) is 1.86. The van der Waals surface area contributed by atoms with Crippen molar-refractivity contribution >= 4 is 33.2 Å². The molecule has 66 valence electrons. The molecule has 0 saturated carbocycles. The molecule has 0 aliphatic heterocycles. The number of carboxylic acid groups (broad SMARTS) is 1. The average Bonchev–Trinajstić information content (AvgIpc) is 2.38. The van der Waals surface area contributed by atoms with Gasteiger partial charge < -0.3 is 5.11 Å². The normalized spacial score (nSPS) is 12.8. The molecular formula is C8H9BrO2S. The minimum atomic E-state index is -0.753. The summed E-state index contributed by atoms with van der Waals surface area (Å²) in [5.74, 6) is -1.12. The van der Waals surface area contributed by atoms with Crippen molar-refractivity contribution in [3.05, 3.63) is 20.8 Å². The van der Waals surface area contributed by atoms with Crippen molar-refractivity contribution in [3.63, 3.8) is 0 Å². The van der Waals surface area contributed by atoms with Gasteiger partial charge in [-0.05, 0) is 39.4 Å². The van der Waals surface area contributed by atoms with Gasteiger partial charge in [-0.15, -0.1) is 11.3 Å². The molecule has 0 aliphatic rings. The van der Waals surface area contributed by atoms with Crippen LogP contribution in [0.5, 0.6) is 0 Å². The summed E-state index contributed by atoms with van der Waals surface area (Å²) in [5, 5.41) is 10.7. The highest BCUT2D eigenvalue weighted by atomic mass is 79.9. The van der Waals surface area contributed by atoms with Crippen molar-refractivity contribution in [3.8, 4) is 0 Å². The van der Waals surface area contributed by atoms with Crippen molar-refractivity contribution in [1.82, 2.24) is 0 Å². The number of aliphatic carboxylic acids is 1. The Morgan fingerprint density at radius 1 is 1.83 bits per heavy atom. The fraction of sp³-hybridized carbons (Fsp3) is 0.375. The van der Waals surface area contributed by atoms with Gasteiger partial charge in [0.2, 0.25) is 0 Å². The van der Waals surface area contributed by atoms with Gasteiger partial charge in [-0.25, -0.2) is 0 Å². The minimum Gasteiger partial charge on any atom is -0.481 e. The van der Waals surface area contributed by atoms with E-state index in [1.807, 2.05) is 18.4 Å². The molecule has 0 bridgehead atoms. The highest BCUT2D eigenvalue weighted by molar-refractivity contribution is 9.11. The molecule has 1 unspecified atom stereocenters. The summed E-state index contributed by atoms with van der Waals surface area (Å²) in [4.78, 5) is 10.8. The van der Waals surface area contributed by atoms with E-state index in [0.717, 1.165) is 9.35 Å². The largest absolute Gasteiger partial charge is 0.481 e. The maximum absolute atomic E-state index is 10.8. The summed E-state index contributed by atoms with van der Waals surface area (Å²) in [7, 11) is 0. The van der Waals surface area contributed by atoms with E-state index in [-0.39, 0.29) is 5.92 Å². The van der Waals surface area contributed by atoms with Crippen LogP contribution < -0.4 is 0 Å². The molecule has 12 heavy (non-hydrogen) atoms. The summed E-state index contributed by atoms with van der Waals surface area (Å²) < 4.78 is 0.928. The zero-order valence-corrected chi connectivity index (χ0v) is 8.98. The molecule has 0 aromatic carbocycles. The number of carboxylic acids is 1. The van der Waals surface area contributed by atoms with Gasteiger partial charge in [0.1, 0.15) is 0 Å². The van der Waals surface area contributed by atoms with E-state index < -0.39 is 5.97 Å². The zero-order chi connectivity index (χ0) is 9.14. The van der Waals surface area contributed by atoms with Crippen LogP contribution in [0.25, 0.3) is 0 Å². The lowest BCUT2D eigenvalue weighted by Crippen LogP contribution is -2.09. The van der Waals surface area contributed by atoms with Gasteiger partial charge in [-0.3, -0.25) is 4.79 Å². The molecule has 0 spiro atoms. The van der Waals surface area contributed by atoms with Crippen LogP contribution in [0.15, 0.2) is 15.2 Å². The lowest BCUT2D eigenvalue weighted by atomic mass is 10.0. The highest BCUT2D eigenvalue weighted by Gasteiger charge is 2.20. The lowest BCUT2D eigenvalue weighted by molar-refractivity contribution is -0.138. The molecule has 1 atom stereocenters. The number of hydrogen-bond acceptors (Lipinski definition) is 2. The molecule has 0 radical (unpaired) electrons. The first-order valence-electron chi connectivity index (χ1n) is 3.62. The molecule has 1 heterocycles. The highest BCUT2D eigenvalue weighted by Crippen LogP contribution is 2.31. The van der Waals surface area contributed by atoms with Crippen LogP contribution >= 0.6 is 27.3 Å². The van der Waals surface area contributed by atoms with Crippen LogP contribution in [0.3, 0.4) is 0 Å². The van der Waals surface area contributed by atoms with Gasteiger partial charge in [0, 0.05) is 0 Å². The number of carbonyl (C=O) groups is 1. The third kappa shape index (κ3) is 1.87. The van der Waals surface area contributed by atoms with Crippen LogP contribution in [-0.2, 0) is 4.79 Å². The lowest BCUT2D eigenvalue weighted by Gasteiger charge is -2.07. The Hall–Kier alpha value is -0.350. The molecule has 0 amide bonds. The SMILES string of the molecule is CCC(C(=O)O)c1ccsc1Br. The molecular weight excluding hydrogens is 240 g/mol. The number of thiophene rings is 1. The molecule has 0 fully saturated rings. The first kappa shape index (κ1) is 9.74.